The molecule has 3 rings (SSSR count). The number of hydrogen-bond acceptors (Lipinski definition) is 5. The summed E-state index contributed by atoms with van der Waals surface area (Å²) in [4.78, 5) is 28.9. The molecule has 7 heteroatoms. The summed E-state index contributed by atoms with van der Waals surface area (Å²) >= 11 is 0. The number of carbonyl (C=O) groups excluding carboxylic acids is 1. The smallest absolute Gasteiger partial charge is 0.247 e. The van der Waals surface area contributed by atoms with Crippen molar-refractivity contribution in [2.75, 3.05) is 5.32 Å². The van der Waals surface area contributed by atoms with Crippen molar-refractivity contribution >= 4 is 11.6 Å². The highest BCUT2D eigenvalue weighted by atomic mass is 16.5. The van der Waals surface area contributed by atoms with Gasteiger partial charge in [0, 0.05) is 30.4 Å². The molecule has 2 heterocycles. The second kappa shape index (κ2) is 6.27. The molecule has 23 heavy (non-hydrogen) atoms. The van der Waals surface area contributed by atoms with Gasteiger partial charge in [0.2, 0.25) is 23.2 Å². The highest BCUT2D eigenvalue weighted by Crippen LogP contribution is 2.16. The molecule has 0 radical (unpaired) electrons. The quantitative estimate of drug-likeness (QED) is 0.767. The van der Waals surface area contributed by atoms with Gasteiger partial charge in [-0.3, -0.25) is 9.59 Å². The number of benzene rings is 1. The van der Waals surface area contributed by atoms with Gasteiger partial charge in [-0.2, -0.15) is 4.98 Å². The van der Waals surface area contributed by atoms with Crippen LogP contribution in [-0.2, 0) is 11.2 Å². The van der Waals surface area contributed by atoms with Gasteiger partial charge in [0.15, 0.2) is 0 Å². The molecule has 0 aliphatic carbocycles. The fourth-order valence-corrected chi connectivity index (χ4v) is 2.08. The van der Waals surface area contributed by atoms with Crippen molar-refractivity contribution in [2.24, 2.45) is 0 Å². The standard InChI is InChI=1S/C16H14N4O3/c1-10(21)18-13-5-2-11(3-6-13)8-15-19-16(20-23-15)12-4-7-14(22)17-9-12/h2-7,9H,8H2,1H3,(H,17,22)(H,18,21). The molecular weight excluding hydrogens is 296 g/mol. The fraction of sp³-hybridized carbons (Fsp3) is 0.125. The average molecular weight is 310 g/mol. The number of anilines is 1. The number of nitrogens with one attached hydrogen (secondary N) is 2. The maximum Gasteiger partial charge on any atom is 0.247 e. The lowest BCUT2D eigenvalue weighted by Crippen LogP contribution is -2.05. The van der Waals surface area contributed by atoms with E-state index in [4.69, 9.17) is 4.52 Å². The third-order valence-corrected chi connectivity index (χ3v) is 3.14. The number of aromatic amines is 1. The van der Waals surface area contributed by atoms with E-state index in [1.807, 2.05) is 24.3 Å². The Labute approximate surface area is 131 Å². The number of nitrogens with zero attached hydrogens (tertiary/aromatic N) is 2. The maximum absolute atomic E-state index is 11.0. The largest absolute Gasteiger partial charge is 0.339 e. The van der Waals surface area contributed by atoms with Gasteiger partial charge in [0.05, 0.1) is 6.42 Å². The molecule has 1 aromatic carbocycles. The Morgan fingerprint density at radius 3 is 2.65 bits per heavy atom. The molecule has 0 aliphatic heterocycles. The minimum Gasteiger partial charge on any atom is -0.339 e. The van der Waals surface area contributed by atoms with Gasteiger partial charge in [-0.05, 0) is 23.8 Å². The SMILES string of the molecule is CC(=O)Nc1ccc(Cc2nc(-c3ccc(=O)[nH]c3)no2)cc1. The first-order valence-electron chi connectivity index (χ1n) is 6.98. The Hall–Kier alpha value is -3.22. The van der Waals surface area contributed by atoms with Crippen LogP contribution in [0.2, 0.25) is 0 Å². The van der Waals surface area contributed by atoms with Crippen molar-refractivity contribution in [1.29, 1.82) is 0 Å². The Morgan fingerprint density at radius 2 is 2.00 bits per heavy atom. The summed E-state index contributed by atoms with van der Waals surface area (Å²) < 4.78 is 5.23. The van der Waals surface area contributed by atoms with Gasteiger partial charge in [-0.25, -0.2) is 0 Å². The molecule has 0 spiro atoms. The first kappa shape index (κ1) is 14.7. The number of pyridine rings is 1. The zero-order valence-corrected chi connectivity index (χ0v) is 12.4. The van der Waals surface area contributed by atoms with Crippen LogP contribution in [-0.4, -0.2) is 21.0 Å². The normalized spacial score (nSPS) is 10.5. The van der Waals surface area contributed by atoms with Crippen molar-refractivity contribution in [3.8, 4) is 11.4 Å². The molecule has 0 bridgehead atoms. The first-order valence-corrected chi connectivity index (χ1v) is 6.98. The van der Waals surface area contributed by atoms with E-state index in [-0.39, 0.29) is 11.5 Å². The van der Waals surface area contributed by atoms with Gasteiger partial charge in [-0.15, -0.1) is 0 Å². The number of aromatic nitrogens is 3. The number of carbonyl (C=O) groups is 1. The van der Waals surface area contributed by atoms with Gasteiger partial charge < -0.3 is 14.8 Å². The molecule has 116 valence electrons. The monoisotopic (exact) mass is 310 g/mol. The van der Waals surface area contributed by atoms with Crippen LogP contribution >= 0.6 is 0 Å². The second-order valence-corrected chi connectivity index (χ2v) is 5.01. The summed E-state index contributed by atoms with van der Waals surface area (Å²) in [5.74, 6) is 0.782. The lowest BCUT2D eigenvalue weighted by atomic mass is 10.1. The summed E-state index contributed by atoms with van der Waals surface area (Å²) in [6.07, 6.45) is 2.02. The molecule has 2 N–H and O–H groups in total. The highest BCUT2D eigenvalue weighted by molar-refractivity contribution is 5.88. The van der Waals surface area contributed by atoms with E-state index < -0.39 is 0 Å². The number of H-pyrrole nitrogens is 1. The topological polar surface area (TPSA) is 101 Å². The van der Waals surface area contributed by atoms with Crippen molar-refractivity contribution < 1.29 is 9.32 Å². The van der Waals surface area contributed by atoms with Crippen LogP contribution in [0.1, 0.15) is 18.4 Å². The van der Waals surface area contributed by atoms with Crippen LogP contribution in [0.5, 0.6) is 0 Å². The lowest BCUT2D eigenvalue weighted by molar-refractivity contribution is -0.114. The Bertz CT molecular complexity index is 860. The van der Waals surface area contributed by atoms with E-state index in [2.05, 4.69) is 20.4 Å². The number of amides is 1. The van der Waals surface area contributed by atoms with Crippen molar-refractivity contribution in [3.63, 3.8) is 0 Å². The van der Waals surface area contributed by atoms with Crippen LogP contribution in [0, 0.1) is 0 Å². The van der Waals surface area contributed by atoms with Crippen molar-refractivity contribution in [3.05, 3.63) is 64.4 Å². The third kappa shape index (κ3) is 3.70. The summed E-state index contributed by atoms with van der Waals surface area (Å²) in [5, 5.41) is 6.61. The predicted octanol–water partition coefficient (Wildman–Crippen LogP) is 1.97. The van der Waals surface area contributed by atoms with Crippen LogP contribution in [0.3, 0.4) is 0 Å². The molecule has 1 amide bonds. The molecule has 0 unspecified atom stereocenters. The van der Waals surface area contributed by atoms with Gasteiger partial charge in [-0.1, -0.05) is 17.3 Å². The zero-order valence-electron chi connectivity index (χ0n) is 12.4. The lowest BCUT2D eigenvalue weighted by Gasteiger charge is -2.02. The van der Waals surface area contributed by atoms with Crippen LogP contribution in [0.4, 0.5) is 5.69 Å². The summed E-state index contributed by atoms with van der Waals surface area (Å²) in [7, 11) is 0. The molecular formula is C16H14N4O3. The Balaban J connectivity index is 1.72. The van der Waals surface area contributed by atoms with E-state index in [9.17, 15) is 9.59 Å². The molecule has 2 aromatic heterocycles. The first-order chi connectivity index (χ1) is 11.1. The van der Waals surface area contributed by atoms with E-state index in [1.165, 1.54) is 13.0 Å². The third-order valence-electron chi connectivity index (χ3n) is 3.14. The molecule has 3 aromatic rings. The minimum absolute atomic E-state index is 0.111. The van der Waals surface area contributed by atoms with Gasteiger partial charge >= 0.3 is 0 Å². The highest BCUT2D eigenvalue weighted by Gasteiger charge is 2.09. The van der Waals surface area contributed by atoms with Crippen LogP contribution < -0.4 is 10.9 Å². The Kier molecular flexibility index (Phi) is 4.01. The Morgan fingerprint density at radius 1 is 1.22 bits per heavy atom. The average Bonchev–Trinajstić information content (AvgIpc) is 2.98. The molecule has 0 saturated carbocycles. The molecule has 0 atom stereocenters. The zero-order chi connectivity index (χ0) is 16.2. The second-order valence-electron chi connectivity index (χ2n) is 5.01. The van der Waals surface area contributed by atoms with Crippen molar-refractivity contribution in [1.82, 2.24) is 15.1 Å². The van der Waals surface area contributed by atoms with Crippen LogP contribution in [0.25, 0.3) is 11.4 Å². The van der Waals surface area contributed by atoms with E-state index in [0.29, 0.717) is 23.7 Å². The minimum atomic E-state index is -0.184. The molecule has 0 aliphatic rings. The number of rotatable bonds is 4. The van der Waals surface area contributed by atoms with E-state index in [1.54, 1.807) is 12.3 Å². The van der Waals surface area contributed by atoms with Gasteiger partial charge in [0.25, 0.3) is 0 Å². The van der Waals surface area contributed by atoms with Crippen LogP contribution in [0.15, 0.2) is 51.9 Å². The molecule has 7 nitrogen and oxygen atoms in total. The van der Waals surface area contributed by atoms with E-state index >= 15 is 0 Å². The maximum atomic E-state index is 11.0. The van der Waals surface area contributed by atoms with E-state index in [0.717, 1.165) is 11.3 Å². The molecule has 0 saturated heterocycles. The number of hydrogen-bond donors (Lipinski definition) is 2. The van der Waals surface area contributed by atoms with Crippen molar-refractivity contribution in [2.45, 2.75) is 13.3 Å². The molecule has 0 fully saturated rings. The fourth-order valence-electron chi connectivity index (χ4n) is 2.08. The summed E-state index contributed by atoms with van der Waals surface area (Å²) in [6, 6.07) is 10.4. The summed E-state index contributed by atoms with van der Waals surface area (Å²) in [6.45, 7) is 1.46. The summed E-state index contributed by atoms with van der Waals surface area (Å²) in [5.41, 5.74) is 2.22. The predicted molar refractivity (Wildman–Crippen MR) is 83.9 cm³/mol. The van der Waals surface area contributed by atoms with Gasteiger partial charge in [0.1, 0.15) is 0 Å².